The maximum Gasteiger partial charge on any atom is 0.255 e. The van der Waals surface area contributed by atoms with Crippen molar-refractivity contribution >= 4 is 28.9 Å². The fourth-order valence-corrected chi connectivity index (χ4v) is 1.84. The molecule has 98 valence electrons. The third kappa shape index (κ3) is 3.06. The lowest BCUT2D eigenvalue weighted by atomic mass is 10.1. The Bertz CT molecular complexity index is 638. The van der Waals surface area contributed by atoms with E-state index in [0.29, 0.717) is 22.0 Å². The van der Waals surface area contributed by atoms with Gasteiger partial charge in [0.05, 0.1) is 0 Å². The molecule has 4 heteroatoms. The van der Waals surface area contributed by atoms with Gasteiger partial charge in [-0.25, -0.2) is 0 Å². The number of hydrogen-bond acceptors (Lipinski definition) is 2. The standard InChI is InChI=1S/C15H15ClN2O/c1-9-4-6-12(8-13(9)16)18-15(19)11-5-3-10(2)14(17)7-11/h3-8H,17H2,1-2H3,(H,18,19). The van der Waals surface area contributed by atoms with Crippen molar-refractivity contribution in [2.45, 2.75) is 13.8 Å². The van der Waals surface area contributed by atoms with Crippen LogP contribution in [0, 0.1) is 13.8 Å². The molecule has 0 spiro atoms. The highest BCUT2D eigenvalue weighted by atomic mass is 35.5. The Hall–Kier alpha value is -2.00. The Labute approximate surface area is 117 Å². The number of benzene rings is 2. The van der Waals surface area contributed by atoms with E-state index in [9.17, 15) is 4.79 Å². The molecule has 2 aromatic rings. The van der Waals surface area contributed by atoms with E-state index in [1.807, 2.05) is 32.0 Å². The maximum absolute atomic E-state index is 12.1. The first kappa shape index (κ1) is 13.4. The van der Waals surface area contributed by atoms with Gasteiger partial charge in [0, 0.05) is 22.0 Å². The van der Waals surface area contributed by atoms with Crippen molar-refractivity contribution in [3.05, 3.63) is 58.1 Å². The maximum atomic E-state index is 12.1. The zero-order valence-corrected chi connectivity index (χ0v) is 11.6. The lowest BCUT2D eigenvalue weighted by Gasteiger charge is -2.08. The van der Waals surface area contributed by atoms with E-state index in [1.54, 1.807) is 18.2 Å². The first-order chi connectivity index (χ1) is 8.97. The summed E-state index contributed by atoms with van der Waals surface area (Å²) >= 11 is 6.02. The van der Waals surface area contributed by atoms with Crippen molar-refractivity contribution in [1.29, 1.82) is 0 Å². The zero-order valence-electron chi connectivity index (χ0n) is 10.8. The van der Waals surface area contributed by atoms with E-state index in [-0.39, 0.29) is 5.91 Å². The summed E-state index contributed by atoms with van der Waals surface area (Å²) in [6.45, 7) is 3.81. The fourth-order valence-electron chi connectivity index (χ4n) is 1.66. The molecule has 0 radical (unpaired) electrons. The number of nitrogens with two attached hydrogens (primary N) is 1. The van der Waals surface area contributed by atoms with Gasteiger partial charge in [0.2, 0.25) is 0 Å². The predicted octanol–water partition coefficient (Wildman–Crippen LogP) is 3.79. The minimum absolute atomic E-state index is 0.202. The number of aryl methyl sites for hydroxylation is 2. The van der Waals surface area contributed by atoms with Crippen LogP contribution >= 0.6 is 11.6 Å². The molecule has 0 aliphatic heterocycles. The molecule has 0 unspecified atom stereocenters. The Morgan fingerprint density at radius 3 is 2.42 bits per heavy atom. The van der Waals surface area contributed by atoms with Crippen LogP contribution in [0.2, 0.25) is 5.02 Å². The summed E-state index contributed by atoms with van der Waals surface area (Å²) in [6.07, 6.45) is 0. The van der Waals surface area contributed by atoms with Crippen LogP contribution in [0.1, 0.15) is 21.5 Å². The van der Waals surface area contributed by atoms with Crippen LogP contribution in [0.25, 0.3) is 0 Å². The molecule has 0 saturated carbocycles. The zero-order chi connectivity index (χ0) is 14.0. The topological polar surface area (TPSA) is 55.1 Å². The van der Waals surface area contributed by atoms with Crippen molar-refractivity contribution in [2.75, 3.05) is 11.1 Å². The number of carbonyl (C=O) groups excluding carboxylic acids is 1. The van der Waals surface area contributed by atoms with Gasteiger partial charge in [-0.2, -0.15) is 0 Å². The van der Waals surface area contributed by atoms with Crippen LogP contribution in [0.15, 0.2) is 36.4 Å². The third-order valence-electron chi connectivity index (χ3n) is 2.97. The monoisotopic (exact) mass is 274 g/mol. The molecule has 2 aromatic carbocycles. The Balaban J connectivity index is 2.20. The summed E-state index contributed by atoms with van der Waals surface area (Å²) in [5.74, 6) is -0.202. The number of carbonyl (C=O) groups is 1. The summed E-state index contributed by atoms with van der Waals surface area (Å²) in [7, 11) is 0. The van der Waals surface area contributed by atoms with Gasteiger partial charge < -0.3 is 11.1 Å². The van der Waals surface area contributed by atoms with Crippen molar-refractivity contribution in [2.24, 2.45) is 0 Å². The smallest absolute Gasteiger partial charge is 0.255 e. The normalized spacial score (nSPS) is 10.3. The van der Waals surface area contributed by atoms with E-state index in [2.05, 4.69) is 5.32 Å². The highest BCUT2D eigenvalue weighted by Crippen LogP contribution is 2.21. The van der Waals surface area contributed by atoms with E-state index in [0.717, 1.165) is 11.1 Å². The molecule has 3 N–H and O–H groups in total. The van der Waals surface area contributed by atoms with Crippen LogP contribution in [-0.2, 0) is 0 Å². The molecule has 0 heterocycles. The van der Waals surface area contributed by atoms with Gasteiger partial charge in [-0.15, -0.1) is 0 Å². The van der Waals surface area contributed by atoms with Gasteiger partial charge in [-0.1, -0.05) is 23.7 Å². The first-order valence-electron chi connectivity index (χ1n) is 5.91. The number of nitrogens with one attached hydrogen (secondary N) is 1. The summed E-state index contributed by atoms with van der Waals surface area (Å²) < 4.78 is 0. The van der Waals surface area contributed by atoms with Gasteiger partial charge in [0.1, 0.15) is 0 Å². The average molecular weight is 275 g/mol. The summed E-state index contributed by atoms with van der Waals surface area (Å²) in [5, 5.41) is 3.42. The van der Waals surface area contributed by atoms with E-state index >= 15 is 0 Å². The number of rotatable bonds is 2. The molecular formula is C15H15ClN2O. The fraction of sp³-hybridized carbons (Fsp3) is 0.133. The second-order valence-electron chi connectivity index (χ2n) is 4.49. The highest BCUT2D eigenvalue weighted by molar-refractivity contribution is 6.31. The summed E-state index contributed by atoms with van der Waals surface area (Å²) in [4.78, 5) is 12.1. The van der Waals surface area contributed by atoms with E-state index < -0.39 is 0 Å². The first-order valence-corrected chi connectivity index (χ1v) is 6.29. The Morgan fingerprint density at radius 1 is 1.11 bits per heavy atom. The SMILES string of the molecule is Cc1ccc(C(=O)Nc2ccc(C)c(Cl)c2)cc1N. The van der Waals surface area contributed by atoms with E-state index in [4.69, 9.17) is 17.3 Å². The van der Waals surface area contributed by atoms with Gasteiger partial charge in [0.15, 0.2) is 0 Å². The molecule has 0 aromatic heterocycles. The molecule has 2 rings (SSSR count). The summed E-state index contributed by atoms with van der Waals surface area (Å²) in [6, 6.07) is 10.6. The molecule has 3 nitrogen and oxygen atoms in total. The second-order valence-corrected chi connectivity index (χ2v) is 4.90. The summed E-state index contributed by atoms with van der Waals surface area (Å²) in [5.41, 5.74) is 9.52. The minimum Gasteiger partial charge on any atom is -0.398 e. The lowest BCUT2D eigenvalue weighted by Crippen LogP contribution is -2.12. The number of nitrogen functional groups attached to an aromatic ring is 1. The number of amides is 1. The molecule has 19 heavy (non-hydrogen) atoms. The third-order valence-corrected chi connectivity index (χ3v) is 3.38. The molecular weight excluding hydrogens is 260 g/mol. The second kappa shape index (κ2) is 5.33. The number of halogens is 1. The minimum atomic E-state index is -0.202. The van der Waals surface area contributed by atoms with Crippen LogP contribution < -0.4 is 11.1 Å². The lowest BCUT2D eigenvalue weighted by molar-refractivity contribution is 0.102. The van der Waals surface area contributed by atoms with Crippen LogP contribution in [0.4, 0.5) is 11.4 Å². The quantitative estimate of drug-likeness (QED) is 0.819. The predicted molar refractivity (Wildman–Crippen MR) is 79.7 cm³/mol. The Morgan fingerprint density at radius 2 is 1.79 bits per heavy atom. The molecule has 0 aliphatic rings. The van der Waals surface area contributed by atoms with Crippen LogP contribution in [0.3, 0.4) is 0 Å². The average Bonchev–Trinajstić information content (AvgIpc) is 2.37. The molecule has 0 atom stereocenters. The van der Waals surface area contributed by atoms with Gasteiger partial charge in [0.25, 0.3) is 5.91 Å². The van der Waals surface area contributed by atoms with E-state index in [1.165, 1.54) is 0 Å². The molecule has 0 fully saturated rings. The highest BCUT2D eigenvalue weighted by Gasteiger charge is 2.08. The Kier molecular flexibility index (Phi) is 3.76. The van der Waals surface area contributed by atoms with Crippen LogP contribution in [-0.4, -0.2) is 5.91 Å². The number of anilines is 2. The number of hydrogen-bond donors (Lipinski definition) is 2. The van der Waals surface area contributed by atoms with Crippen molar-refractivity contribution < 1.29 is 4.79 Å². The largest absolute Gasteiger partial charge is 0.398 e. The van der Waals surface area contributed by atoms with Crippen molar-refractivity contribution in [3.8, 4) is 0 Å². The molecule has 0 aliphatic carbocycles. The van der Waals surface area contributed by atoms with Crippen molar-refractivity contribution in [1.82, 2.24) is 0 Å². The van der Waals surface area contributed by atoms with Crippen LogP contribution in [0.5, 0.6) is 0 Å². The van der Waals surface area contributed by atoms with Gasteiger partial charge >= 0.3 is 0 Å². The molecule has 0 bridgehead atoms. The van der Waals surface area contributed by atoms with Gasteiger partial charge in [-0.3, -0.25) is 4.79 Å². The van der Waals surface area contributed by atoms with Gasteiger partial charge in [-0.05, 0) is 49.2 Å². The molecule has 0 saturated heterocycles. The molecule has 1 amide bonds. The van der Waals surface area contributed by atoms with Crippen molar-refractivity contribution in [3.63, 3.8) is 0 Å².